The van der Waals surface area contributed by atoms with Gasteiger partial charge in [0.1, 0.15) is 5.82 Å². The summed E-state index contributed by atoms with van der Waals surface area (Å²) in [7, 11) is 0. The molecule has 3 nitrogen and oxygen atoms in total. The van der Waals surface area contributed by atoms with Gasteiger partial charge in [-0.1, -0.05) is 54.1 Å². The zero-order valence-corrected chi connectivity index (χ0v) is 17.7. The van der Waals surface area contributed by atoms with Crippen molar-refractivity contribution < 1.29 is 4.79 Å². The standard InChI is InChI=1S/C28H26N2O/c31-27-12-5-17-30(27)26-11-4-9-22(29-26)18-21-8-3-7-20-14-15-24-23-10-2-1-6-19(23)13-16-25(24)28(20)21/h2-4,7-11,14-15H,1,5-6,12-13,16-18H2. The summed E-state index contributed by atoms with van der Waals surface area (Å²) in [4.78, 5) is 18.9. The highest BCUT2D eigenvalue weighted by atomic mass is 16.2. The maximum atomic E-state index is 12.2. The van der Waals surface area contributed by atoms with Gasteiger partial charge in [0, 0.05) is 25.1 Å². The number of benzene rings is 2. The molecule has 0 atom stereocenters. The molecule has 31 heavy (non-hydrogen) atoms. The number of carbonyl (C=O) groups excluding carboxylic acids is 1. The predicted molar refractivity (Wildman–Crippen MR) is 126 cm³/mol. The van der Waals surface area contributed by atoms with Gasteiger partial charge in [0.05, 0.1) is 0 Å². The number of fused-ring (bicyclic) bond motifs is 4. The van der Waals surface area contributed by atoms with Crippen molar-refractivity contribution in [1.29, 1.82) is 0 Å². The molecule has 2 aromatic carbocycles. The topological polar surface area (TPSA) is 33.2 Å². The van der Waals surface area contributed by atoms with Gasteiger partial charge in [-0.3, -0.25) is 9.69 Å². The molecular formula is C28H26N2O. The van der Waals surface area contributed by atoms with E-state index < -0.39 is 0 Å². The number of amides is 1. The van der Waals surface area contributed by atoms with Crippen molar-refractivity contribution in [2.75, 3.05) is 11.4 Å². The molecule has 0 spiro atoms. The number of carbonyl (C=O) groups is 1. The number of anilines is 1. The number of aryl methyl sites for hydroxylation is 1. The molecule has 0 saturated carbocycles. The van der Waals surface area contributed by atoms with Crippen LogP contribution in [0.15, 0.2) is 66.3 Å². The first-order valence-electron chi connectivity index (χ1n) is 11.5. The zero-order chi connectivity index (χ0) is 20.8. The van der Waals surface area contributed by atoms with Crippen LogP contribution in [0.4, 0.5) is 5.82 Å². The molecule has 1 aromatic heterocycles. The van der Waals surface area contributed by atoms with E-state index in [1.54, 1.807) is 5.57 Å². The van der Waals surface area contributed by atoms with Gasteiger partial charge < -0.3 is 0 Å². The highest BCUT2D eigenvalue weighted by molar-refractivity contribution is 5.96. The largest absolute Gasteiger partial charge is 0.297 e. The smallest absolute Gasteiger partial charge is 0.228 e. The molecule has 154 valence electrons. The monoisotopic (exact) mass is 406 g/mol. The van der Waals surface area contributed by atoms with Crippen molar-refractivity contribution in [1.82, 2.24) is 4.98 Å². The Morgan fingerprint density at radius 3 is 2.77 bits per heavy atom. The molecule has 3 aliphatic rings. The third kappa shape index (κ3) is 3.20. The maximum Gasteiger partial charge on any atom is 0.228 e. The maximum absolute atomic E-state index is 12.2. The van der Waals surface area contributed by atoms with Crippen LogP contribution in [-0.4, -0.2) is 17.4 Å². The summed E-state index contributed by atoms with van der Waals surface area (Å²) >= 11 is 0. The fourth-order valence-corrected chi connectivity index (χ4v) is 5.52. The average Bonchev–Trinajstić information content (AvgIpc) is 3.25. The second-order valence-corrected chi connectivity index (χ2v) is 8.88. The Morgan fingerprint density at radius 2 is 1.87 bits per heavy atom. The Balaban J connectivity index is 1.43. The van der Waals surface area contributed by atoms with Crippen LogP contribution in [0.1, 0.15) is 54.5 Å². The van der Waals surface area contributed by atoms with Crippen LogP contribution in [-0.2, 0) is 17.6 Å². The van der Waals surface area contributed by atoms with Crippen molar-refractivity contribution in [3.63, 3.8) is 0 Å². The third-order valence-electron chi connectivity index (χ3n) is 7.00. The molecule has 6 rings (SSSR count). The summed E-state index contributed by atoms with van der Waals surface area (Å²) in [6.07, 6.45) is 11.7. The molecule has 1 amide bonds. The average molecular weight is 407 g/mol. The van der Waals surface area contributed by atoms with Crippen LogP contribution in [0.25, 0.3) is 16.3 Å². The first-order valence-corrected chi connectivity index (χ1v) is 11.5. The lowest BCUT2D eigenvalue weighted by Gasteiger charge is -2.26. The normalized spacial score (nSPS) is 17.9. The number of hydrogen-bond acceptors (Lipinski definition) is 2. The molecule has 0 bridgehead atoms. The van der Waals surface area contributed by atoms with E-state index in [4.69, 9.17) is 4.98 Å². The lowest BCUT2D eigenvalue weighted by molar-refractivity contribution is -0.117. The molecule has 2 aliphatic carbocycles. The molecule has 0 radical (unpaired) electrons. The van der Waals surface area contributed by atoms with E-state index in [2.05, 4.69) is 48.6 Å². The zero-order valence-electron chi connectivity index (χ0n) is 17.7. The van der Waals surface area contributed by atoms with Crippen molar-refractivity contribution >= 4 is 28.1 Å². The molecule has 1 aliphatic heterocycles. The van der Waals surface area contributed by atoms with Gasteiger partial charge in [0.2, 0.25) is 5.91 Å². The van der Waals surface area contributed by atoms with Gasteiger partial charge in [0.15, 0.2) is 0 Å². The van der Waals surface area contributed by atoms with E-state index >= 15 is 0 Å². The molecular weight excluding hydrogens is 380 g/mol. The summed E-state index contributed by atoms with van der Waals surface area (Å²) in [6, 6.07) is 17.3. The molecule has 3 heteroatoms. The van der Waals surface area contributed by atoms with Gasteiger partial charge in [0.25, 0.3) is 0 Å². The molecule has 0 N–H and O–H groups in total. The quantitative estimate of drug-likeness (QED) is 0.534. The molecule has 1 saturated heterocycles. The van der Waals surface area contributed by atoms with Crippen molar-refractivity contribution in [3.05, 3.63) is 88.6 Å². The van der Waals surface area contributed by atoms with Crippen molar-refractivity contribution in [2.24, 2.45) is 0 Å². The molecule has 3 aromatic rings. The van der Waals surface area contributed by atoms with Gasteiger partial charge in [-0.05, 0) is 77.3 Å². The lowest BCUT2D eigenvalue weighted by atomic mass is 9.78. The summed E-state index contributed by atoms with van der Waals surface area (Å²) in [5.41, 5.74) is 8.34. The highest BCUT2D eigenvalue weighted by Gasteiger charge is 2.24. The minimum Gasteiger partial charge on any atom is -0.297 e. The molecule has 2 heterocycles. The minimum atomic E-state index is 0.188. The minimum absolute atomic E-state index is 0.188. The van der Waals surface area contributed by atoms with E-state index in [-0.39, 0.29) is 5.91 Å². The van der Waals surface area contributed by atoms with Crippen LogP contribution in [0.3, 0.4) is 0 Å². The van der Waals surface area contributed by atoms with Crippen LogP contribution in [0, 0.1) is 0 Å². The fourth-order valence-electron chi connectivity index (χ4n) is 5.52. The Kier molecular flexibility index (Phi) is 4.48. The van der Waals surface area contributed by atoms with Gasteiger partial charge in [-0.15, -0.1) is 0 Å². The number of rotatable bonds is 3. The van der Waals surface area contributed by atoms with Crippen LogP contribution < -0.4 is 4.90 Å². The molecule has 0 unspecified atom stereocenters. The summed E-state index contributed by atoms with van der Waals surface area (Å²) in [5, 5.41) is 2.71. The number of hydrogen-bond donors (Lipinski definition) is 0. The van der Waals surface area contributed by atoms with Crippen LogP contribution in [0.5, 0.6) is 0 Å². The fraction of sp³-hybridized carbons (Fsp3) is 0.286. The summed E-state index contributed by atoms with van der Waals surface area (Å²) < 4.78 is 0. The second-order valence-electron chi connectivity index (χ2n) is 8.88. The van der Waals surface area contributed by atoms with Crippen molar-refractivity contribution in [2.45, 2.75) is 44.9 Å². The Morgan fingerprint density at radius 1 is 0.935 bits per heavy atom. The molecule has 1 fully saturated rings. The van der Waals surface area contributed by atoms with Gasteiger partial charge >= 0.3 is 0 Å². The second kappa shape index (κ2) is 7.49. The number of pyridine rings is 1. The van der Waals surface area contributed by atoms with E-state index in [1.807, 2.05) is 17.0 Å². The lowest BCUT2D eigenvalue weighted by Crippen LogP contribution is -2.24. The third-order valence-corrected chi connectivity index (χ3v) is 7.00. The van der Waals surface area contributed by atoms with Crippen molar-refractivity contribution in [3.8, 4) is 0 Å². The highest BCUT2D eigenvalue weighted by Crippen LogP contribution is 2.41. The van der Waals surface area contributed by atoms with E-state index in [9.17, 15) is 4.79 Å². The first-order chi connectivity index (χ1) is 15.3. The predicted octanol–water partition coefficient (Wildman–Crippen LogP) is 6.00. The number of aromatic nitrogens is 1. The van der Waals surface area contributed by atoms with E-state index in [0.29, 0.717) is 6.42 Å². The first kappa shape index (κ1) is 18.6. The van der Waals surface area contributed by atoms with Gasteiger partial charge in [-0.25, -0.2) is 4.98 Å². The Bertz CT molecular complexity index is 1270. The van der Waals surface area contributed by atoms with E-state index in [0.717, 1.165) is 37.3 Å². The SMILES string of the molecule is O=C1CCCN1c1cccc(Cc2cccc3ccc4c(c23)CCC2=C4C=CCC2)n1. The Labute approximate surface area is 183 Å². The van der Waals surface area contributed by atoms with Crippen LogP contribution in [0.2, 0.25) is 0 Å². The van der Waals surface area contributed by atoms with Gasteiger partial charge in [-0.2, -0.15) is 0 Å². The van der Waals surface area contributed by atoms with E-state index in [1.165, 1.54) is 52.3 Å². The number of allylic oxidation sites excluding steroid dienone is 4. The number of nitrogens with zero attached hydrogens (tertiary/aromatic N) is 2. The van der Waals surface area contributed by atoms with Crippen LogP contribution >= 0.6 is 0 Å². The summed E-state index contributed by atoms with van der Waals surface area (Å²) in [5.74, 6) is 0.984. The summed E-state index contributed by atoms with van der Waals surface area (Å²) in [6.45, 7) is 0.780. The Hall–Kier alpha value is -3.20.